The van der Waals surface area contributed by atoms with Gasteiger partial charge < -0.3 is 14.8 Å². The topological polar surface area (TPSA) is 55.4 Å². The van der Waals surface area contributed by atoms with Gasteiger partial charge in [-0.15, -0.1) is 0 Å². The average molecular weight is 206 g/mol. The Balaban J connectivity index is 2.63. The Morgan fingerprint density at radius 3 is 2.60 bits per heavy atom. The first-order chi connectivity index (χ1) is 7.27. The summed E-state index contributed by atoms with van der Waals surface area (Å²) in [4.78, 5) is 21.3. The normalized spacial score (nSPS) is 9.40. The summed E-state index contributed by atoms with van der Waals surface area (Å²) in [6, 6.07) is 6.68. The Hall–Kier alpha value is -1.84. The van der Waals surface area contributed by atoms with Gasteiger partial charge in [0.25, 0.3) is 0 Å². The molecule has 79 valence electrons. The minimum Gasteiger partial charge on any atom is -0.462 e. The minimum atomic E-state index is -0.344. The van der Waals surface area contributed by atoms with Gasteiger partial charge in [0, 0.05) is 5.69 Å². The molecule has 0 unspecified atom stereocenters. The molecule has 4 heteroatoms. The van der Waals surface area contributed by atoms with Crippen molar-refractivity contribution in [1.82, 2.24) is 0 Å². The fourth-order valence-electron chi connectivity index (χ4n) is 1.05. The lowest BCUT2D eigenvalue weighted by Gasteiger charge is -2.04. The summed E-state index contributed by atoms with van der Waals surface area (Å²) < 4.78 is 4.83. The molecule has 0 aliphatic carbocycles. The van der Waals surface area contributed by atoms with Crippen LogP contribution in [0, 0.1) is 6.54 Å². The molecular formula is C11H12NO3. The zero-order chi connectivity index (χ0) is 11.1. The Morgan fingerprint density at radius 2 is 2.07 bits per heavy atom. The molecule has 0 spiro atoms. The monoisotopic (exact) mass is 206 g/mol. The lowest BCUT2D eigenvalue weighted by molar-refractivity contribution is -0.105. The summed E-state index contributed by atoms with van der Waals surface area (Å²) >= 11 is 0. The van der Waals surface area contributed by atoms with Crippen LogP contribution in [0.5, 0.6) is 0 Å². The summed E-state index contributed by atoms with van der Waals surface area (Å²) in [6.45, 7) is 3.39. The molecule has 1 aromatic rings. The van der Waals surface area contributed by atoms with Crippen LogP contribution >= 0.6 is 0 Å². The molecule has 0 aliphatic rings. The first-order valence-corrected chi connectivity index (χ1v) is 4.58. The van der Waals surface area contributed by atoms with Crippen LogP contribution in [0.4, 0.5) is 5.69 Å². The molecule has 1 N–H and O–H groups in total. The minimum absolute atomic E-state index is 0.344. The number of carbonyl (C=O) groups is 2. The summed E-state index contributed by atoms with van der Waals surface area (Å²) in [6.07, 6.45) is 0.652. The number of ether oxygens (including phenoxy) is 1. The van der Waals surface area contributed by atoms with E-state index < -0.39 is 0 Å². The highest BCUT2D eigenvalue weighted by molar-refractivity contribution is 5.89. The van der Waals surface area contributed by atoms with E-state index >= 15 is 0 Å². The summed E-state index contributed by atoms with van der Waals surface area (Å²) in [5.74, 6) is -0.344. The molecule has 0 aliphatic heterocycles. The number of hydrogen-bond donors (Lipinski definition) is 1. The zero-order valence-corrected chi connectivity index (χ0v) is 8.40. The van der Waals surface area contributed by atoms with E-state index in [0.717, 1.165) is 5.69 Å². The van der Waals surface area contributed by atoms with E-state index in [4.69, 9.17) is 4.74 Å². The quantitative estimate of drug-likeness (QED) is 0.587. The van der Waals surface area contributed by atoms with Crippen LogP contribution in [0.1, 0.15) is 17.3 Å². The van der Waals surface area contributed by atoms with Gasteiger partial charge in [0.1, 0.15) is 12.8 Å². The number of hydrogen-bond acceptors (Lipinski definition) is 4. The molecule has 0 atom stereocenters. The number of anilines is 1. The fraction of sp³-hybridized carbons (Fsp3) is 0.182. The van der Waals surface area contributed by atoms with Crippen LogP contribution in [0.2, 0.25) is 0 Å². The molecule has 0 amide bonds. The molecule has 4 nitrogen and oxygen atoms in total. The number of rotatable bonds is 5. The average Bonchev–Trinajstić information content (AvgIpc) is 2.27. The Labute approximate surface area is 88.2 Å². The van der Waals surface area contributed by atoms with E-state index in [-0.39, 0.29) is 5.97 Å². The van der Waals surface area contributed by atoms with Crippen LogP contribution in [0.25, 0.3) is 0 Å². The van der Waals surface area contributed by atoms with Crippen molar-refractivity contribution in [2.75, 3.05) is 11.9 Å². The summed E-state index contributed by atoms with van der Waals surface area (Å²) in [5, 5.41) is 2.75. The molecule has 15 heavy (non-hydrogen) atoms. The third-order valence-corrected chi connectivity index (χ3v) is 1.71. The maximum absolute atomic E-state index is 11.3. The third kappa shape index (κ3) is 3.42. The van der Waals surface area contributed by atoms with Crippen molar-refractivity contribution in [3.8, 4) is 0 Å². The van der Waals surface area contributed by atoms with Gasteiger partial charge in [-0.2, -0.15) is 0 Å². The molecule has 0 saturated carbocycles. The molecule has 1 rings (SSSR count). The molecule has 0 fully saturated rings. The van der Waals surface area contributed by atoms with Gasteiger partial charge in [0.15, 0.2) is 0 Å². The van der Waals surface area contributed by atoms with Gasteiger partial charge in [0.2, 0.25) is 0 Å². The van der Waals surface area contributed by atoms with Crippen LogP contribution < -0.4 is 5.32 Å². The molecule has 0 heterocycles. The number of carbonyl (C=O) groups excluding carboxylic acids is 2. The number of benzene rings is 1. The van der Waals surface area contributed by atoms with Crippen molar-refractivity contribution in [1.29, 1.82) is 0 Å². The highest BCUT2D eigenvalue weighted by atomic mass is 16.5. The van der Waals surface area contributed by atoms with Gasteiger partial charge in [-0.25, -0.2) is 4.79 Å². The van der Waals surface area contributed by atoms with E-state index in [9.17, 15) is 9.59 Å². The Bertz CT molecular complexity index is 332. The number of esters is 1. The van der Waals surface area contributed by atoms with Gasteiger partial charge in [-0.05, 0) is 31.2 Å². The second-order valence-electron chi connectivity index (χ2n) is 2.74. The van der Waals surface area contributed by atoms with Gasteiger partial charge in [-0.1, -0.05) is 0 Å². The van der Waals surface area contributed by atoms with Crippen molar-refractivity contribution in [2.24, 2.45) is 0 Å². The lowest BCUT2D eigenvalue weighted by Crippen LogP contribution is -2.04. The first kappa shape index (κ1) is 11.2. The zero-order valence-electron chi connectivity index (χ0n) is 8.40. The molecule has 1 aromatic carbocycles. The largest absolute Gasteiger partial charge is 0.462 e. The SMILES string of the molecule is CCOC(=O)c1ccc(N[CH]C=O)cc1. The van der Waals surface area contributed by atoms with Crippen molar-refractivity contribution in [2.45, 2.75) is 6.92 Å². The second-order valence-corrected chi connectivity index (χ2v) is 2.74. The number of nitrogens with one attached hydrogen (secondary N) is 1. The third-order valence-electron chi connectivity index (χ3n) is 1.71. The van der Waals surface area contributed by atoms with Gasteiger partial charge in [-0.3, -0.25) is 0 Å². The summed E-state index contributed by atoms with van der Waals surface area (Å²) in [7, 11) is 0. The molecule has 0 aromatic heterocycles. The van der Waals surface area contributed by atoms with Crippen molar-refractivity contribution in [3.05, 3.63) is 36.4 Å². The van der Waals surface area contributed by atoms with Crippen LogP contribution in [-0.4, -0.2) is 18.9 Å². The fourth-order valence-corrected chi connectivity index (χ4v) is 1.05. The van der Waals surface area contributed by atoms with Crippen molar-refractivity contribution < 1.29 is 14.3 Å². The van der Waals surface area contributed by atoms with Gasteiger partial charge >= 0.3 is 5.97 Å². The molecule has 0 saturated heterocycles. The van der Waals surface area contributed by atoms with E-state index in [1.54, 1.807) is 31.2 Å². The second kappa shape index (κ2) is 5.80. The standard InChI is InChI=1S/C11H12NO3/c1-2-15-11(14)9-3-5-10(6-4-9)12-7-8-13/h3-8,12H,2H2,1H3. The lowest BCUT2D eigenvalue weighted by atomic mass is 10.2. The van der Waals surface area contributed by atoms with Gasteiger partial charge in [0.05, 0.1) is 12.2 Å². The van der Waals surface area contributed by atoms with E-state index in [1.807, 2.05) is 0 Å². The highest BCUT2D eigenvalue weighted by Gasteiger charge is 2.04. The van der Waals surface area contributed by atoms with Crippen LogP contribution in [0.3, 0.4) is 0 Å². The van der Waals surface area contributed by atoms with Crippen molar-refractivity contribution in [3.63, 3.8) is 0 Å². The summed E-state index contributed by atoms with van der Waals surface area (Å²) in [5.41, 5.74) is 1.24. The Morgan fingerprint density at radius 1 is 1.40 bits per heavy atom. The predicted molar refractivity (Wildman–Crippen MR) is 56.4 cm³/mol. The maximum atomic E-state index is 11.3. The van der Waals surface area contributed by atoms with E-state index in [1.165, 1.54) is 6.54 Å². The highest BCUT2D eigenvalue weighted by Crippen LogP contribution is 2.10. The Kier molecular flexibility index (Phi) is 4.34. The maximum Gasteiger partial charge on any atom is 0.338 e. The molecule has 0 bridgehead atoms. The van der Waals surface area contributed by atoms with E-state index in [0.29, 0.717) is 18.5 Å². The van der Waals surface area contributed by atoms with Crippen molar-refractivity contribution >= 4 is 17.9 Å². The molecule has 1 radical (unpaired) electrons. The predicted octanol–water partition coefficient (Wildman–Crippen LogP) is 1.64. The number of aldehydes is 1. The van der Waals surface area contributed by atoms with Crippen LogP contribution in [0.15, 0.2) is 24.3 Å². The first-order valence-electron chi connectivity index (χ1n) is 4.58. The smallest absolute Gasteiger partial charge is 0.338 e. The molecular weight excluding hydrogens is 194 g/mol. The van der Waals surface area contributed by atoms with Crippen LogP contribution in [-0.2, 0) is 9.53 Å². The van der Waals surface area contributed by atoms with E-state index in [2.05, 4.69) is 5.32 Å².